The second-order valence-corrected chi connectivity index (χ2v) is 6.40. The number of para-hydroxylation sites is 1. The molecule has 0 bridgehead atoms. The molecular formula is C14H23N5O2S. The molecule has 7 nitrogen and oxygen atoms in total. The number of rotatable bonds is 7. The van der Waals surface area contributed by atoms with Gasteiger partial charge in [0, 0.05) is 12.2 Å². The van der Waals surface area contributed by atoms with Crippen molar-refractivity contribution < 1.29 is 8.42 Å². The van der Waals surface area contributed by atoms with Crippen LogP contribution < -0.4 is 21.9 Å². The van der Waals surface area contributed by atoms with Crippen LogP contribution in [0.3, 0.4) is 0 Å². The number of benzene rings is 1. The summed E-state index contributed by atoms with van der Waals surface area (Å²) in [5.74, 6) is -0.0346. The van der Waals surface area contributed by atoms with Gasteiger partial charge >= 0.3 is 0 Å². The van der Waals surface area contributed by atoms with Gasteiger partial charge in [-0.05, 0) is 25.0 Å². The Balaban J connectivity index is 3.27. The molecule has 0 amide bonds. The molecular weight excluding hydrogens is 302 g/mol. The van der Waals surface area contributed by atoms with E-state index in [1.54, 1.807) is 18.2 Å². The van der Waals surface area contributed by atoms with E-state index in [4.69, 9.17) is 17.2 Å². The van der Waals surface area contributed by atoms with Gasteiger partial charge in [-0.3, -0.25) is 0 Å². The SMILES string of the molecule is CCC(CC)NS(=O)(=O)c1ccccc1N=C(N)C(N)=CN. The van der Waals surface area contributed by atoms with Crippen molar-refractivity contribution >= 4 is 21.5 Å². The molecule has 0 radical (unpaired) electrons. The number of nitrogens with zero attached hydrogens (tertiary/aromatic N) is 1. The number of nitrogens with two attached hydrogens (primary N) is 3. The van der Waals surface area contributed by atoms with Crippen molar-refractivity contribution in [1.82, 2.24) is 4.72 Å². The highest BCUT2D eigenvalue weighted by Crippen LogP contribution is 2.24. The number of sulfonamides is 1. The molecule has 0 saturated carbocycles. The minimum absolute atomic E-state index is 0.0346. The summed E-state index contributed by atoms with van der Waals surface area (Å²) >= 11 is 0. The van der Waals surface area contributed by atoms with Crippen LogP contribution in [0.1, 0.15) is 26.7 Å². The Hall–Kier alpha value is -2.06. The predicted octanol–water partition coefficient (Wildman–Crippen LogP) is 0.901. The number of aliphatic imine (C=N–C) groups is 1. The fourth-order valence-electron chi connectivity index (χ4n) is 1.79. The second-order valence-electron chi connectivity index (χ2n) is 4.72. The van der Waals surface area contributed by atoms with E-state index in [9.17, 15) is 8.42 Å². The summed E-state index contributed by atoms with van der Waals surface area (Å²) in [6.45, 7) is 3.84. The molecule has 122 valence electrons. The highest BCUT2D eigenvalue weighted by atomic mass is 32.2. The normalized spacial score (nSPS) is 13.6. The largest absolute Gasteiger partial charge is 0.403 e. The maximum atomic E-state index is 12.5. The van der Waals surface area contributed by atoms with Crippen LogP contribution in [0.2, 0.25) is 0 Å². The van der Waals surface area contributed by atoms with Crippen LogP contribution >= 0.6 is 0 Å². The van der Waals surface area contributed by atoms with Gasteiger partial charge in [-0.1, -0.05) is 26.0 Å². The molecule has 8 heteroatoms. The van der Waals surface area contributed by atoms with E-state index >= 15 is 0 Å². The maximum Gasteiger partial charge on any atom is 0.242 e. The van der Waals surface area contributed by atoms with E-state index < -0.39 is 10.0 Å². The van der Waals surface area contributed by atoms with Crippen molar-refractivity contribution in [3.63, 3.8) is 0 Å². The van der Waals surface area contributed by atoms with E-state index in [1.807, 2.05) is 13.8 Å². The van der Waals surface area contributed by atoms with Gasteiger partial charge in [0.1, 0.15) is 10.7 Å². The third-order valence-electron chi connectivity index (χ3n) is 3.18. The van der Waals surface area contributed by atoms with Crippen molar-refractivity contribution in [3.8, 4) is 0 Å². The van der Waals surface area contributed by atoms with E-state index in [-0.39, 0.29) is 28.2 Å². The molecule has 1 aromatic rings. The molecule has 1 rings (SSSR count). The number of hydrogen-bond acceptors (Lipinski definition) is 5. The van der Waals surface area contributed by atoms with Gasteiger partial charge in [-0.2, -0.15) is 0 Å². The first-order valence-electron chi connectivity index (χ1n) is 6.98. The van der Waals surface area contributed by atoms with Gasteiger partial charge in [0.25, 0.3) is 0 Å². The Bertz CT molecular complexity index is 664. The molecule has 1 aromatic carbocycles. The zero-order valence-electron chi connectivity index (χ0n) is 12.8. The number of nitrogens with one attached hydrogen (secondary N) is 1. The Kier molecular flexibility index (Phi) is 6.39. The summed E-state index contributed by atoms with van der Waals surface area (Å²) in [6.07, 6.45) is 2.51. The van der Waals surface area contributed by atoms with Crippen LogP contribution in [0.5, 0.6) is 0 Å². The van der Waals surface area contributed by atoms with Crippen molar-refractivity contribution in [2.24, 2.45) is 22.2 Å². The van der Waals surface area contributed by atoms with Crippen LogP contribution in [0.25, 0.3) is 0 Å². The zero-order chi connectivity index (χ0) is 16.8. The van der Waals surface area contributed by atoms with Crippen LogP contribution in [0.15, 0.2) is 46.1 Å². The van der Waals surface area contributed by atoms with Crippen LogP contribution in [-0.2, 0) is 10.0 Å². The quantitative estimate of drug-likeness (QED) is 0.436. The van der Waals surface area contributed by atoms with Crippen LogP contribution in [-0.4, -0.2) is 20.3 Å². The smallest absolute Gasteiger partial charge is 0.242 e. The van der Waals surface area contributed by atoms with E-state index in [0.717, 1.165) is 6.20 Å². The average molecular weight is 325 g/mol. The van der Waals surface area contributed by atoms with Gasteiger partial charge in [0.2, 0.25) is 10.0 Å². The lowest BCUT2D eigenvalue weighted by Crippen LogP contribution is -2.34. The summed E-state index contributed by atoms with van der Waals surface area (Å²) in [5, 5.41) is 0. The third-order valence-corrected chi connectivity index (χ3v) is 4.75. The molecule has 0 saturated heterocycles. The molecule has 7 N–H and O–H groups in total. The first kappa shape index (κ1) is 18.0. The van der Waals surface area contributed by atoms with Gasteiger partial charge in [0.15, 0.2) is 0 Å². The topological polar surface area (TPSA) is 137 Å². The first-order valence-corrected chi connectivity index (χ1v) is 8.47. The second kappa shape index (κ2) is 7.81. The van der Waals surface area contributed by atoms with E-state index in [2.05, 4.69) is 9.71 Å². The maximum absolute atomic E-state index is 12.5. The lowest BCUT2D eigenvalue weighted by Gasteiger charge is -2.16. The molecule has 0 heterocycles. The lowest BCUT2D eigenvalue weighted by atomic mass is 10.2. The summed E-state index contributed by atoms with van der Waals surface area (Å²) in [6, 6.07) is 6.19. The van der Waals surface area contributed by atoms with Gasteiger partial charge in [-0.15, -0.1) is 0 Å². The molecule has 0 unspecified atom stereocenters. The molecule has 0 aromatic heterocycles. The van der Waals surface area contributed by atoms with Gasteiger partial charge < -0.3 is 17.2 Å². The van der Waals surface area contributed by atoms with E-state index in [1.165, 1.54) is 6.07 Å². The molecule has 0 atom stereocenters. The van der Waals surface area contributed by atoms with Crippen molar-refractivity contribution in [2.75, 3.05) is 0 Å². The lowest BCUT2D eigenvalue weighted by molar-refractivity contribution is 0.530. The monoisotopic (exact) mass is 325 g/mol. The van der Waals surface area contributed by atoms with Crippen LogP contribution in [0.4, 0.5) is 5.69 Å². The summed E-state index contributed by atoms with van der Waals surface area (Å²) in [4.78, 5) is 4.11. The van der Waals surface area contributed by atoms with Crippen molar-refractivity contribution in [1.29, 1.82) is 0 Å². The highest BCUT2D eigenvalue weighted by molar-refractivity contribution is 7.89. The predicted molar refractivity (Wildman–Crippen MR) is 88.9 cm³/mol. The van der Waals surface area contributed by atoms with Gasteiger partial charge in [0.05, 0.1) is 11.4 Å². The zero-order valence-corrected chi connectivity index (χ0v) is 13.6. The van der Waals surface area contributed by atoms with Gasteiger partial charge in [-0.25, -0.2) is 18.1 Å². The fraction of sp³-hybridized carbons (Fsp3) is 0.357. The minimum atomic E-state index is -3.70. The Labute approximate surface area is 131 Å². The Morgan fingerprint density at radius 1 is 1.27 bits per heavy atom. The molecule has 0 aliphatic rings. The summed E-state index contributed by atoms with van der Waals surface area (Å²) < 4.78 is 27.7. The number of hydrogen-bond donors (Lipinski definition) is 4. The Morgan fingerprint density at radius 3 is 2.41 bits per heavy atom. The molecule has 0 aliphatic heterocycles. The van der Waals surface area contributed by atoms with Crippen molar-refractivity contribution in [3.05, 3.63) is 36.2 Å². The molecule has 0 aliphatic carbocycles. The fourth-order valence-corrected chi connectivity index (χ4v) is 3.34. The number of amidine groups is 1. The third kappa shape index (κ3) is 4.47. The Morgan fingerprint density at radius 2 is 1.86 bits per heavy atom. The van der Waals surface area contributed by atoms with E-state index in [0.29, 0.717) is 12.8 Å². The molecule has 22 heavy (non-hydrogen) atoms. The highest BCUT2D eigenvalue weighted by Gasteiger charge is 2.21. The van der Waals surface area contributed by atoms with Crippen LogP contribution in [0, 0.1) is 0 Å². The average Bonchev–Trinajstić information content (AvgIpc) is 2.52. The molecule has 0 fully saturated rings. The first-order chi connectivity index (χ1) is 10.4. The molecule has 0 spiro atoms. The summed E-state index contributed by atoms with van der Waals surface area (Å²) in [5.41, 5.74) is 16.8. The summed E-state index contributed by atoms with van der Waals surface area (Å²) in [7, 11) is -3.70. The standard InChI is InChI=1S/C14H23N5O2S/c1-3-10(4-2)19-22(20,21)13-8-6-5-7-12(13)18-14(17)11(16)9-15/h5-10,19H,3-4,15-16H2,1-2H3,(H2,17,18). The minimum Gasteiger partial charge on any atom is -0.403 e. The van der Waals surface area contributed by atoms with Crippen molar-refractivity contribution in [2.45, 2.75) is 37.6 Å².